The monoisotopic (exact) mass is 246 g/mol. The number of hydrogen-bond donors (Lipinski definition) is 1. The molecule has 19 heavy (non-hydrogen) atoms. The Balaban J connectivity index is 2.23. The van der Waals surface area contributed by atoms with Crippen molar-refractivity contribution in [2.24, 2.45) is 0 Å². The summed E-state index contributed by atoms with van der Waals surface area (Å²) in [4.78, 5) is 0. The zero-order chi connectivity index (χ0) is 13.2. The maximum Gasteiger partial charge on any atom is 0.116 e. The fourth-order valence-electron chi connectivity index (χ4n) is 2.34. The summed E-state index contributed by atoms with van der Waals surface area (Å²) in [5, 5.41) is 12.0. The van der Waals surface area contributed by atoms with Gasteiger partial charge in [-0.2, -0.15) is 0 Å². The third-order valence-corrected chi connectivity index (χ3v) is 3.29. The highest BCUT2D eigenvalue weighted by atomic mass is 16.3. The predicted octanol–water partition coefficient (Wildman–Crippen LogP) is 4.61. The minimum atomic E-state index is 0.269. The molecule has 0 spiro atoms. The molecule has 0 bridgehead atoms. The van der Waals surface area contributed by atoms with E-state index < -0.39 is 0 Å². The number of benzene rings is 3. The summed E-state index contributed by atoms with van der Waals surface area (Å²) >= 11 is 0. The van der Waals surface area contributed by atoms with E-state index in [1.54, 1.807) is 12.1 Å². The lowest BCUT2D eigenvalue weighted by Crippen LogP contribution is -1.88. The van der Waals surface area contributed by atoms with Crippen LogP contribution in [0.15, 0.2) is 73.3 Å². The van der Waals surface area contributed by atoms with Gasteiger partial charge < -0.3 is 5.11 Å². The van der Waals surface area contributed by atoms with Gasteiger partial charge >= 0.3 is 0 Å². The van der Waals surface area contributed by atoms with Crippen LogP contribution in [0.25, 0.3) is 16.3 Å². The second-order valence-electron chi connectivity index (χ2n) is 4.56. The molecule has 3 rings (SSSR count). The molecule has 0 saturated carbocycles. The molecule has 0 aliphatic carbocycles. The fourth-order valence-corrected chi connectivity index (χ4v) is 2.34. The van der Waals surface area contributed by atoms with Crippen molar-refractivity contribution in [1.82, 2.24) is 0 Å². The van der Waals surface area contributed by atoms with E-state index in [2.05, 4.69) is 12.6 Å². The molecule has 3 aromatic rings. The number of hydrogen-bond acceptors (Lipinski definition) is 1. The lowest BCUT2D eigenvalue weighted by molar-refractivity contribution is 0.476. The highest BCUT2D eigenvalue weighted by Gasteiger charge is 2.08. The van der Waals surface area contributed by atoms with Crippen LogP contribution < -0.4 is 0 Å². The third kappa shape index (κ3) is 2.11. The van der Waals surface area contributed by atoms with E-state index in [1.165, 1.54) is 0 Å². The van der Waals surface area contributed by atoms with Crippen LogP contribution in [0.3, 0.4) is 0 Å². The van der Waals surface area contributed by atoms with Gasteiger partial charge in [-0.1, -0.05) is 61.2 Å². The van der Waals surface area contributed by atoms with E-state index in [1.807, 2.05) is 48.5 Å². The molecule has 1 nitrogen and oxygen atoms in total. The summed E-state index contributed by atoms with van der Waals surface area (Å²) in [5.41, 5.74) is 2.97. The van der Waals surface area contributed by atoms with Gasteiger partial charge in [-0.3, -0.25) is 0 Å². The van der Waals surface area contributed by atoms with Gasteiger partial charge in [0.1, 0.15) is 5.75 Å². The van der Waals surface area contributed by atoms with Crippen molar-refractivity contribution in [1.29, 1.82) is 0 Å². The minimum Gasteiger partial charge on any atom is -0.508 e. The van der Waals surface area contributed by atoms with E-state index in [9.17, 15) is 5.11 Å². The normalized spacial score (nSPS) is 10.5. The summed E-state index contributed by atoms with van der Waals surface area (Å²) in [7, 11) is 0. The average Bonchev–Trinajstić information content (AvgIpc) is 2.46. The first-order chi connectivity index (χ1) is 9.25. The van der Waals surface area contributed by atoms with Crippen molar-refractivity contribution in [3.05, 3.63) is 84.4 Å². The smallest absolute Gasteiger partial charge is 0.116 e. The number of phenolic OH excluding ortho intramolecular Hbond substituents is 1. The largest absolute Gasteiger partial charge is 0.508 e. The lowest BCUT2D eigenvalue weighted by Gasteiger charge is -2.11. The van der Waals surface area contributed by atoms with Crippen LogP contribution in [-0.4, -0.2) is 5.11 Å². The van der Waals surface area contributed by atoms with E-state index in [4.69, 9.17) is 0 Å². The Hall–Kier alpha value is -2.54. The van der Waals surface area contributed by atoms with Crippen LogP contribution in [0, 0.1) is 0 Å². The lowest BCUT2D eigenvalue weighted by atomic mass is 9.94. The van der Waals surface area contributed by atoms with Crippen molar-refractivity contribution in [3.8, 4) is 5.75 Å². The van der Waals surface area contributed by atoms with Gasteiger partial charge in [0.15, 0.2) is 0 Å². The number of aromatic hydroxyl groups is 1. The second kappa shape index (κ2) is 4.62. The Labute approximate surface area is 112 Å². The first-order valence-corrected chi connectivity index (χ1v) is 6.22. The number of phenols is 1. The first kappa shape index (κ1) is 11.5. The number of rotatable bonds is 2. The maximum atomic E-state index is 9.87. The topological polar surface area (TPSA) is 20.2 Å². The Morgan fingerprint density at radius 2 is 1.53 bits per heavy atom. The van der Waals surface area contributed by atoms with Crippen LogP contribution in [0.1, 0.15) is 11.1 Å². The summed E-state index contributed by atoms with van der Waals surface area (Å²) in [6.45, 7) is 4.18. The standard InChI is InChI=1S/C18H14O/c1-13(14-7-3-2-4-8-14)18-12-16(19)11-15-9-5-6-10-17(15)18/h2-12,19H,1H2. The zero-order valence-corrected chi connectivity index (χ0v) is 10.5. The first-order valence-electron chi connectivity index (χ1n) is 6.22. The van der Waals surface area contributed by atoms with Crippen LogP contribution in [0.2, 0.25) is 0 Å². The fraction of sp³-hybridized carbons (Fsp3) is 0. The Kier molecular flexibility index (Phi) is 2.81. The number of fused-ring (bicyclic) bond motifs is 1. The van der Waals surface area contributed by atoms with Gasteiger partial charge in [-0.05, 0) is 39.6 Å². The average molecular weight is 246 g/mol. The molecular formula is C18H14O. The van der Waals surface area contributed by atoms with Crippen molar-refractivity contribution in [2.75, 3.05) is 0 Å². The van der Waals surface area contributed by atoms with Gasteiger partial charge in [0, 0.05) is 0 Å². The van der Waals surface area contributed by atoms with Crippen LogP contribution >= 0.6 is 0 Å². The van der Waals surface area contributed by atoms with Crippen molar-refractivity contribution < 1.29 is 5.11 Å². The molecule has 0 aliphatic rings. The second-order valence-corrected chi connectivity index (χ2v) is 4.56. The molecule has 0 aromatic heterocycles. The SMILES string of the molecule is C=C(c1ccccc1)c1cc(O)cc2ccccc12. The molecule has 0 atom stereocenters. The third-order valence-electron chi connectivity index (χ3n) is 3.29. The molecule has 3 aromatic carbocycles. The highest BCUT2D eigenvalue weighted by Crippen LogP contribution is 2.32. The van der Waals surface area contributed by atoms with Gasteiger partial charge in [0.2, 0.25) is 0 Å². The van der Waals surface area contributed by atoms with E-state index in [-0.39, 0.29) is 5.75 Å². The maximum absolute atomic E-state index is 9.87. The molecule has 0 unspecified atom stereocenters. The highest BCUT2D eigenvalue weighted by molar-refractivity contribution is 5.98. The zero-order valence-electron chi connectivity index (χ0n) is 10.5. The van der Waals surface area contributed by atoms with Crippen molar-refractivity contribution in [2.45, 2.75) is 0 Å². The van der Waals surface area contributed by atoms with E-state index >= 15 is 0 Å². The van der Waals surface area contributed by atoms with Gasteiger partial charge in [-0.25, -0.2) is 0 Å². The Morgan fingerprint density at radius 1 is 0.842 bits per heavy atom. The van der Waals surface area contributed by atoms with Gasteiger partial charge in [-0.15, -0.1) is 0 Å². The van der Waals surface area contributed by atoms with Crippen LogP contribution in [-0.2, 0) is 0 Å². The molecule has 0 heterocycles. The molecule has 0 aliphatic heterocycles. The molecule has 0 radical (unpaired) electrons. The van der Waals surface area contributed by atoms with Crippen LogP contribution in [0.4, 0.5) is 0 Å². The Bertz CT molecular complexity index is 742. The molecular weight excluding hydrogens is 232 g/mol. The van der Waals surface area contributed by atoms with Crippen LogP contribution in [0.5, 0.6) is 5.75 Å². The summed E-state index contributed by atoms with van der Waals surface area (Å²) < 4.78 is 0. The summed E-state index contributed by atoms with van der Waals surface area (Å²) in [6.07, 6.45) is 0. The summed E-state index contributed by atoms with van der Waals surface area (Å²) in [5.74, 6) is 0.269. The Morgan fingerprint density at radius 3 is 2.32 bits per heavy atom. The molecule has 0 fully saturated rings. The molecule has 0 saturated heterocycles. The minimum absolute atomic E-state index is 0.269. The van der Waals surface area contributed by atoms with E-state index in [0.717, 1.165) is 27.5 Å². The quantitative estimate of drug-likeness (QED) is 0.700. The molecule has 0 amide bonds. The van der Waals surface area contributed by atoms with E-state index in [0.29, 0.717) is 0 Å². The van der Waals surface area contributed by atoms with Crippen molar-refractivity contribution in [3.63, 3.8) is 0 Å². The van der Waals surface area contributed by atoms with Gasteiger partial charge in [0.25, 0.3) is 0 Å². The molecule has 1 heteroatoms. The molecule has 1 N–H and O–H groups in total. The molecule has 92 valence electrons. The summed E-state index contributed by atoms with van der Waals surface area (Å²) in [6, 6.07) is 21.6. The predicted molar refractivity (Wildman–Crippen MR) is 80.2 cm³/mol. The van der Waals surface area contributed by atoms with Gasteiger partial charge in [0.05, 0.1) is 0 Å². The van der Waals surface area contributed by atoms with Crippen molar-refractivity contribution >= 4 is 16.3 Å².